The van der Waals surface area contributed by atoms with Crippen LogP contribution in [0.4, 0.5) is 0 Å². The summed E-state index contributed by atoms with van der Waals surface area (Å²) in [7, 11) is 0. The zero-order chi connectivity index (χ0) is 36.8. The fraction of sp³-hybridized carbons (Fsp3) is 0.0577. The van der Waals surface area contributed by atoms with Crippen molar-refractivity contribution in [3.8, 4) is 33.6 Å². The molecule has 7 aromatic carbocycles. The van der Waals surface area contributed by atoms with E-state index in [1.807, 2.05) is 12.1 Å². The highest BCUT2D eigenvalue weighted by Crippen LogP contribution is 2.57. The lowest BCUT2D eigenvalue weighted by Crippen LogP contribution is -2.28. The van der Waals surface area contributed by atoms with Crippen molar-refractivity contribution in [2.24, 2.45) is 0 Å². The summed E-state index contributed by atoms with van der Waals surface area (Å²) in [5, 5.41) is 2.44. The third kappa shape index (κ3) is 4.27. The second-order valence-electron chi connectivity index (χ2n) is 15.0. The minimum Gasteiger partial charge on any atom is -0.423 e. The van der Waals surface area contributed by atoms with Crippen LogP contribution in [0.3, 0.4) is 0 Å². The predicted octanol–water partition coefficient (Wildman–Crippen LogP) is 13.1. The zero-order valence-electron chi connectivity index (χ0n) is 30.6. The van der Waals surface area contributed by atoms with Crippen LogP contribution in [0.25, 0.3) is 78.1 Å². The minimum absolute atomic E-state index is 0.515. The number of aromatic nitrogens is 3. The average molecular weight is 718 g/mol. The van der Waals surface area contributed by atoms with Crippen LogP contribution in [0.1, 0.15) is 35.1 Å². The van der Waals surface area contributed by atoms with Gasteiger partial charge in [0.15, 0.2) is 5.58 Å². The van der Waals surface area contributed by atoms with Crippen molar-refractivity contribution in [1.29, 1.82) is 0 Å². The molecular weight excluding hydrogens is 683 g/mol. The van der Waals surface area contributed by atoms with E-state index in [4.69, 9.17) is 9.40 Å². The summed E-state index contributed by atoms with van der Waals surface area (Å²) in [6, 6.07) is 61.7. The molecule has 264 valence electrons. The van der Waals surface area contributed by atoms with E-state index in [2.05, 4.69) is 185 Å². The summed E-state index contributed by atoms with van der Waals surface area (Å²) in [5.41, 5.74) is 16.5. The van der Waals surface area contributed by atoms with Gasteiger partial charge in [-0.25, -0.2) is 0 Å². The van der Waals surface area contributed by atoms with E-state index in [9.17, 15) is 0 Å². The Morgan fingerprint density at radius 1 is 0.536 bits per heavy atom. The van der Waals surface area contributed by atoms with E-state index < -0.39 is 5.41 Å². The molecule has 0 spiro atoms. The van der Waals surface area contributed by atoms with Crippen LogP contribution in [0.2, 0.25) is 0 Å². The first-order valence-corrected chi connectivity index (χ1v) is 19.5. The molecule has 0 N–H and O–H groups in total. The van der Waals surface area contributed by atoms with E-state index in [1.54, 1.807) is 0 Å². The number of benzene rings is 7. The SMILES string of the molecule is C1=CC(n2c3ccccc3c3cc(-c4c(-c5ccc6c(c5)C(c5ccccc5)(c5ccccc5)c5ccccc5-6)nc5oc6ccccc6n45)ccc32)=CCC1. The molecule has 0 bridgehead atoms. The van der Waals surface area contributed by atoms with Gasteiger partial charge in [0.1, 0.15) is 5.69 Å². The van der Waals surface area contributed by atoms with Crippen LogP contribution in [-0.2, 0) is 5.41 Å². The highest BCUT2D eigenvalue weighted by molar-refractivity contribution is 6.12. The van der Waals surface area contributed by atoms with Gasteiger partial charge < -0.3 is 8.98 Å². The van der Waals surface area contributed by atoms with Crippen molar-refractivity contribution < 1.29 is 4.42 Å². The molecule has 0 radical (unpaired) electrons. The average Bonchev–Trinajstić information content (AvgIpc) is 4.00. The summed E-state index contributed by atoms with van der Waals surface area (Å²) in [6.45, 7) is 0. The number of fused-ring (bicyclic) bond motifs is 9. The van der Waals surface area contributed by atoms with Gasteiger partial charge in [-0.15, -0.1) is 0 Å². The summed E-state index contributed by atoms with van der Waals surface area (Å²) in [5.74, 6) is 0.581. The molecule has 0 aliphatic heterocycles. The van der Waals surface area contributed by atoms with E-state index in [0.29, 0.717) is 5.84 Å². The number of imidazole rings is 1. The Hall–Kier alpha value is -7.17. The number of hydrogen-bond donors (Lipinski definition) is 0. The van der Waals surface area contributed by atoms with E-state index in [1.165, 1.54) is 60.9 Å². The Labute approximate surface area is 323 Å². The van der Waals surface area contributed by atoms with Gasteiger partial charge in [0.05, 0.1) is 27.7 Å². The fourth-order valence-corrected chi connectivity index (χ4v) is 9.74. The highest BCUT2D eigenvalue weighted by Gasteiger charge is 2.46. The Kier molecular flexibility index (Phi) is 6.64. The number of allylic oxidation sites excluding steroid dienone is 4. The lowest BCUT2D eigenvalue weighted by atomic mass is 9.67. The van der Waals surface area contributed by atoms with Gasteiger partial charge in [0, 0.05) is 27.6 Å². The maximum absolute atomic E-state index is 6.51. The monoisotopic (exact) mass is 717 g/mol. The largest absolute Gasteiger partial charge is 0.423 e. The molecule has 3 aromatic heterocycles. The molecular formula is C52H35N3O. The summed E-state index contributed by atoms with van der Waals surface area (Å²) >= 11 is 0. The van der Waals surface area contributed by atoms with Crippen molar-refractivity contribution in [2.75, 3.05) is 0 Å². The standard InChI is InChI=1S/C52H35N3O/c1-4-16-36(17-5-1)52(37-18-6-2-7-19-37)43-24-12-10-22-39(43)40-30-28-34(33-44(40)52)49-50(55-47-26-14-15-27-48(47)56-51(55)53-49)35-29-31-46-42(32-35)41-23-11-13-25-45(41)54(46)38-20-8-3-9-21-38/h1-2,4-8,10-33H,3,9H2. The number of para-hydroxylation sites is 3. The first-order chi connectivity index (χ1) is 27.8. The molecule has 56 heavy (non-hydrogen) atoms. The molecule has 0 saturated carbocycles. The molecule has 10 aromatic rings. The smallest absolute Gasteiger partial charge is 0.307 e. The lowest BCUT2D eigenvalue weighted by Gasteiger charge is -2.34. The maximum atomic E-state index is 6.51. The molecule has 3 heterocycles. The second kappa shape index (κ2) is 11.9. The molecule has 0 saturated heterocycles. The fourth-order valence-electron chi connectivity index (χ4n) is 9.74. The van der Waals surface area contributed by atoms with E-state index in [0.717, 1.165) is 46.5 Å². The van der Waals surface area contributed by atoms with Crippen LogP contribution in [0.5, 0.6) is 0 Å². The summed E-state index contributed by atoms with van der Waals surface area (Å²) in [4.78, 5) is 5.36. The Morgan fingerprint density at radius 3 is 2.02 bits per heavy atom. The van der Waals surface area contributed by atoms with E-state index >= 15 is 0 Å². The van der Waals surface area contributed by atoms with Crippen LogP contribution < -0.4 is 0 Å². The van der Waals surface area contributed by atoms with Crippen molar-refractivity contribution in [3.63, 3.8) is 0 Å². The zero-order valence-corrected chi connectivity index (χ0v) is 30.6. The Bertz CT molecular complexity index is 3210. The van der Waals surface area contributed by atoms with E-state index in [-0.39, 0.29) is 0 Å². The molecule has 2 aliphatic carbocycles. The van der Waals surface area contributed by atoms with Gasteiger partial charge >= 0.3 is 5.84 Å². The maximum Gasteiger partial charge on any atom is 0.307 e. The topological polar surface area (TPSA) is 35.4 Å². The molecule has 0 atom stereocenters. The molecule has 0 amide bonds. The molecule has 4 heteroatoms. The third-order valence-electron chi connectivity index (χ3n) is 12.1. The third-order valence-corrected chi connectivity index (χ3v) is 12.1. The van der Waals surface area contributed by atoms with Crippen molar-refractivity contribution >= 4 is 44.4 Å². The van der Waals surface area contributed by atoms with Gasteiger partial charge in [-0.05, 0) is 88.7 Å². The van der Waals surface area contributed by atoms with Gasteiger partial charge in [-0.3, -0.25) is 4.40 Å². The molecule has 2 aliphatic rings. The second-order valence-corrected chi connectivity index (χ2v) is 15.0. The van der Waals surface area contributed by atoms with Gasteiger partial charge in [-0.2, -0.15) is 4.98 Å². The van der Waals surface area contributed by atoms with Crippen molar-refractivity contribution in [3.05, 3.63) is 210 Å². The summed E-state index contributed by atoms with van der Waals surface area (Å²) < 4.78 is 11.1. The number of nitrogens with zero attached hydrogens (tertiary/aromatic N) is 3. The van der Waals surface area contributed by atoms with Crippen LogP contribution >= 0.6 is 0 Å². The predicted molar refractivity (Wildman–Crippen MR) is 229 cm³/mol. The van der Waals surface area contributed by atoms with Crippen molar-refractivity contribution in [2.45, 2.75) is 18.3 Å². The van der Waals surface area contributed by atoms with Gasteiger partial charge in [0.2, 0.25) is 0 Å². The van der Waals surface area contributed by atoms with Gasteiger partial charge in [0.25, 0.3) is 0 Å². The van der Waals surface area contributed by atoms with Crippen molar-refractivity contribution in [1.82, 2.24) is 14.0 Å². The first-order valence-electron chi connectivity index (χ1n) is 19.5. The molecule has 12 rings (SSSR count). The number of rotatable bonds is 5. The highest BCUT2D eigenvalue weighted by atomic mass is 16.4. The Morgan fingerprint density at radius 2 is 1.21 bits per heavy atom. The summed E-state index contributed by atoms with van der Waals surface area (Å²) in [6.07, 6.45) is 9.02. The minimum atomic E-state index is -0.515. The molecule has 0 fully saturated rings. The Balaban J connectivity index is 1.15. The van der Waals surface area contributed by atoms with Crippen LogP contribution in [0, 0.1) is 0 Å². The normalized spacial score (nSPS) is 14.5. The van der Waals surface area contributed by atoms with Crippen LogP contribution in [-0.4, -0.2) is 14.0 Å². The van der Waals surface area contributed by atoms with Gasteiger partial charge in [-0.1, -0.05) is 146 Å². The van der Waals surface area contributed by atoms with Crippen LogP contribution in [0.15, 0.2) is 193 Å². The molecule has 4 nitrogen and oxygen atoms in total. The number of hydrogen-bond acceptors (Lipinski definition) is 2. The quantitative estimate of drug-likeness (QED) is 0.178. The first kappa shape index (κ1) is 31.2. The number of oxazole rings is 1. The molecule has 0 unspecified atom stereocenters. The lowest BCUT2D eigenvalue weighted by molar-refractivity contribution is 0.642.